The summed E-state index contributed by atoms with van der Waals surface area (Å²) in [6.07, 6.45) is 3.86. The van der Waals surface area contributed by atoms with Crippen molar-refractivity contribution in [2.45, 2.75) is 19.8 Å². The Balaban J connectivity index is 1.82. The Bertz CT molecular complexity index is 582. The molecule has 1 aliphatic heterocycles. The fraction of sp³-hybridized carbons (Fsp3) is 0.357. The molecule has 0 radical (unpaired) electrons. The van der Waals surface area contributed by atoms with Crippen LogP contribution in [0.1, 0.15) is 28.9 Å². The molecule has 2 heterocycles. The first-order chi connectivity index (χ1) is 9.24. The van der Waals surface area contributed by atoms with Gasteiger partial charge in [0.2, 0.25) is 0 Å². The second-order valence-corrected chi connectivity index (χ2v) is 4.88. The highest BCUT2D eigenvalue weighted by molar-refractivity contribution is 5.92. The summed E-state index contributed by atoms with van der Waals surface area (Å²) in [7, 11) is 0. The van der Waals surface area contributed by atoms with Gasteiger partial charge in [-0.2, -0.15) is 0 Å². The maximum absolute atomic E-state index is 12.2. The van der Waals surface area contributed by atoms with E-state index < -0.39 is 0 Å². The van der Waals surface area contributed by atoms with E-state index in [4.69, 9.17) is 0 Å². The van der Waals surface area contributed by atoms with Crippen molar-refractivity contribution in [1.29, 1.82) is 0 Å². The molecule has 19 heavy (non-hydrogen) atoms. The molecule has 1 aromatic heterocycles. The molecule has 0 bridgehead atoms. The maximum Gasteiger partial charge on any atom is 0.276 e. The van der Waals surface area contributed by atoms with Gasteiger partial charge in [0.05, 0.1) is 11.9 Å². The largest absolute Gasteiger partial charge is 0.337 e. The Labute approximate surface area is 111 Å². The lowest BCUT2D eigenvalue weighted by atomic mass is 10.2. The molecule has 3 rings (SSSR count). The first-order valence-corrected chi connectivity index (χ1v) is 6.53. The zero-order valence-electron chi connectivity index (χ0n) is 10.9. The fourth-order valence-electron chi connectivity index (χ4n) is 2.27. The lowest BCUT2D eigenvalue weighted by Crippen LogP contribution is -2.27. The van der Waals surface area contributed by atoms with Crippen molar-refractivity contribution < 1.29 is 4.79 Å². The highest BCUT2D eigenvalue weighted by Gasteiger charge is 2.22. The number of hydrogen-bond donors (Lipinski definition) is 0. The molecule has 5 nitrogen and oxygen atoms in total. The van der Waals surface area contributed by atoms with E-state index in [2.05, 4.69) is 10.3 Å². The molecule has 0 saturated carbocycles. The van der Waals surface area contributed by atoms with Crippen molar-refractivity contribution >= 4 is 5.91 Å². The van der Waals surface area contributed by atoms with Gasteiger partial charge >= 0.3 is 0 Å². The molecule has 1 aromatic carbocycles. The highest BCUT2D eigenvalue weighted by Crippen LogP contribution is 2.13. The summed E-state index contributed by atoms with van der Waals surface area (Å²) in [5, 5.41) is 8.01. The molecule has 0 spiro atoms. The predicted molar refractivity (Wildman–Crippen MR) is 71.2 cm³/mol. The van der Waals surface area contributed by atoms with Crippen molar-refractivity contribution in [3.05, 3.63) is 41.7 Å². The van der Waals surface area contributed by atoms with Gasteiger partial charge in [-0.15, -0.1) is 5.10 Å². The number of aromatic nitrogens is 3. The number of nitrogens with zero attached hydrogens (tertiary/aromatic N) is 4. The molecule has 0 unspecified atom stereocenters. The quantitative estimate of drug-likeness (QED) is 0.823. The van der Waals surface area contributed by atoms with Gasteiger partial charge < -0.3 is 4.90 Å². The summed E-state index contributed by atoms with van der Waals surface area (Å²) in [6.45, 7) is 3.69. The number of carbonyl (C=O) groups excluding carboxylic acids is 1. The molecule has 0 atom stereocenters. The third-order valence-electron chi connectivity index (χ3n) is 3.40. The zero-order chi connectivity index (χ0) is 13.2. The molecule has 98 valence electrons. The lowest BCUT2D eigenvalue weighted by Gasteiger charge is -2.12. The van der Waals surface area contributed by atoms with E-state index in [0.29, 0.717) is 5.69 Å². The van der Waals surface area contributed by atoms with Crippen molar-refractivity contribution in [2.24, 2.45) is 0 Å². The normalized spacial score (nSPS) is 14.9. The van der Waals surface area contributed by atoms with E-state index in [1.807, 2.05) is 36.1 Å². The van der Waals surface area contributed by atoms with Crippen molar-refractivity contribution in [1.82, 2.24) is 19.9 Å². The van der Waals surface area contributed by atoms with Gasteiger partial charge in [-0.3, -0.25) is 4.79 Å². The van der Waals surface area contributed by atoms with Crippen LogP contribution in [0.25, 0.3) is 5.69 Å². The van der Waals surface area contributed by atoms with Crippen LogP contribution in [0.4, 0.5) is 0 Å². The lowest BCUT2D eigenvalue weighted by molar-refractivity contribution is 0.0787. The maximum atomic E-state index is 12.2. The van der Waals surface area contributed by atoms with Gasteiger partial charge in [0, 0.05) is 13.1 Å². The van der Waals surface area contributed by atoms with Crippen LogP contribution < -0.4 is 0 Å². The topological polar surface area (TPSA) is 51.0 Å². The summed E-state index contributed by atoms with van der Waals surface area (Å²) < 4.78 is 1.64. The third kappa shape index (κ3) is 2.36. The number of hydrogen-bond acceptors (Lipinski definition) is 3. The van der Waals surface area contributed by atoms with Gasteiger partial charge in [0.1, 0.15) is 0 Å². The number of amides is 1. The monoisotopic (exact) mass is 256 g/mol. The van der Waals surface area contributed by atoms with Gasteiger partial charge in [-0.05, 0) is 31.9 Å². The van der Waals surface area contributed by atoms with Crippen LogP contribution in [0.3, 0.4) is 0 Å². The Kier molecular flexibility index (Phi) is 3.03. The molecule has 2 aromatic rings. The Morgan fingerprint density at radius 1 is 1.16 bits per heavy atom. The van der Waals surface area contributed by atoms with Crippen LogP contribution in [0, 0.1) is 6.92 Å². The van der Waals surface area contributed by atoms with Crippen LogP contribution in [-0.4, -0.2) is 38.9 Å². The van der Waals surface area contributed by atoms with Crippen LogP contribution in [0.15, 0.2) is 30.5 Å². The molecule has 0 N–H and O–H groups in total. The van der Waals surface area contributed by atoms with Gasteiger partial charge in [-0.1, -0.05) is 22.9 Å². The molecule has 0 aliphatic carbocycles. The van der Waals surface area contributed by atoms with Gasteiger partial charge in [-0.25, -0.2) is 4.68 Å². The van der Waals surface area contributed by atoms with E-state index in [1.165, 1.54) is 5.56 Å². The summed E-state index contributed by atoms with van der Waals surface area (Å²) in [6, 6.07) is 7.96. The summed E-state index contributed by atoms with van der Waals surface area (Å²) in [5.41, 5.74) is 2.53. The van der Waals surface area contributed by atoms with Gasteiger partial charge in [0.15, 0.2) is 5.69 Å². The summed E-state index contributed by atoms with van der Waals surface area (Å²) in [5.74, 6) is -0.0177. The molecule has 5 heteroatoms. The van der Waals surface area contributed by atoms with E-state index in [9.17, 15) is 4.79 Å². The van der Waals surface area contributed by atoms with Crippen LogP contribution in [0.2, 0.25) is 0 Å². The van der Waals surface area contributed by atoms with E-state index in [1.54, 1.807) is 10.9 Å². The number of carbonyl (C=O) groups is 1. The first-order valence-electron chi connectivity index (χ1n) is 6.53. The standard InChI is InChI=1S/C14H16N4O/c1-11-4-6-12(7-5-11)18-10-13(15-16-18)14(19)17-8-2-3-9-17/h4-7,10H,2-3,8-9H2,1H3. The molecule has 1 amide bonds. The molecular formula is C14H16N4O. The number of aryl methyl sites for hydroxylation is 1. The van der Waals surface area contributed by atoms with Crippen LogP contribution in [0.5, 0.6) is 0 Å². The first kappa shape index (κ1) is 11.9. The van der Waals surface area contributed by atoms with Crippen molar-refractivity contribution in [2.75, 3.05) is 13.1 Å². The predicted octanol–water partition coefficient (Wildman–Crippen LogP) is 1.81. The minimum atomic E-state index is -0.0177. The summed E-state index contributed by atoms with van der Waals surface area (Å²) >= 11 is 0. The van der Waals surface area contributed by atoms with Crippen LogP contribution >= 0.6 is 0 Å². The molecular weight excluding hydrogens is 240 g/mol. The summed E-state index contributed by atoms with van der Waals surface area (Å²) in [4.78, 5) is 14.0. The molecule has 1 saturated heterocycles. The van der Waals surface area contributed by atoms with E-state index >= 15 is 0 Å². The van der Waals surface area contributed by atoms with Crippen molar-refractivity contribution in [3.63, 3.8) is 0 Å². The Morgan fingerprint density at radius 2 is 1.84 bits per heavy atom. The van der Waals surface area contributed by atoms with Crippen LogP contribution in [-0.2, 0) is 0 Å². The van der Waals surface area contributed by atoms with E-state index in [0.717, 1.165) is 31.6 Å². The molecule has 1 fully saturated rings. The number of benzene rings is 1. The average molecular weight is 256 g/mol. The average Bonchev–Trinajstić information content (AvgIpc) is 3.10. The second kappa shape index (κ2) is 4.84. The minimum Gasteiger partial charge on any atom is -0.337 e. The number of likely N-dealkylation sites (tertiary alicyclic amines) is 1. The third-order valence-corrected chi connectivity index (χ3v) is 3.40. The van der Waals surface area contributed by atoms with E-state index in [-0.39, 0.29) is 5.91 Å². The Hall–Kier alpha value is -2.17. The SMILES string of the molecule is Cc1ccc(-n2cc(C(=O)N3CCCC3)nn2)cc1. The zero-order valence-corrected chi connectivity index (χ0v) is 10.9. The highest BCUT2D eigenvalue weighted by atomic mass is 16.2. The second-order valence-electron chi connectivity index (χ2n) is 4.88. The van der Waals surface area contributed by atoms with Gasteiger partial charge in [0.25, 0.3) is 5.91 Å². The Morgan fingerprint density at radius 3 is 2.53 bits per heavy atom. The minimum absolute atomic E-state index is 0.0177. The van der Waals surface area contributed by atoms with Crippen molar-refractivity contribution in [3.8, 4) is 5.69 Å². The fourth-order valence-corrected chi connectivity index (χ4v) is 2.27. The number of rotatable bonds is 2. The molecule has 1 aliphatic rings. The smallest absolute Gasteiger partial charge is 0.276 e.